The normalized spacial score (nSPS) is 10.5. The summed E-state index contributed by atoms with van der Waals surface area (Å²) in [6.45, 7) is 0. The molecule has 0 radical (unpaired) electrons. The Morgan fingerprint density at radius 1 is 1.19 bits per heavy atom. The van der Waals surface area contributed by atoms with Crippen LogP contribution in [0.5, 0.6) is 11.5 Å². The summed E-state index contributed by atoms with van der Waals surface area (Å²) in [7, 11) is 1.51. The lowest BCUT2D eigenvalue weighted by molar-refractivity contribution is 0.373. The van der Waals surface area contributed by atoms with E-state index < -0.39 is 0 Å². The number of phenolic OH excluding ortho intramolecular Hbond substituents is 1. The number of hydrogen-bond acceptors (Lipinski definition) is 4. The first-order valence-corrected chi connectivity index (χ1v) is 6.72. The molecule has 0 aliphatic carbocycles. The molecule has 21 heavy (non-hydrogen) atoms. The number of nitrogens with zero attached hydrogens (tertiary/aromatic N) is 2. The molecule has 3 rings (SSSR count). The molecule has 5 nitrogen and oxygen atoms in total. The van der Waals surface area contributed by atoms with Crippen LogP contribution in [-0.4, -0.2) is 27.0 Å². The lowest BCUT2D eigenvalue weighted by Gasteiger charge is -2.09. The van der Waals surface area contributed by atoms with Gasteiger partial charge in [0.05, 0.1) is 7.11 Å². The highest BCUT2D eigenvalue weighted by Gasteiger charge is 2.12. The van der Waals surface area contributed by atoms with E-state index in [0.717, 1.165) is 11.3 Å². The fraction of sp³-hybridized carbons (Fsp3) is 0.0667. The maximum Gasteiger partial charge on any atom is 0.200 e. The lowest BCUT2D eigenvalue weighted by atomic mass is 10.2. The Labute approximate surface area is 126 Å². The molecule has 6 heteroatoms. The summed E-state index contributed by atoms with van der Waals surface area (Å²) in [5.74, 6) is 1.13. The maximum absolute atomic E-state index is 9.69. The number of hydrogen-bond donors (Lipinski definition) is 2. The zero-order valence-corrected chi connectivity index (χ0v) is 12.1. The lowest BCUT2D eigenvalue weighted by Crippen LogP contribution is -1.97. The molecule has 0 aliphatic heterocycles. The molecular formula is C15H13N3O2S. The Balaban J connectivity index is 2.19. The van der Waals surface area contributed by atoms with Gasteiger partial charge in [-0.05, 0) is 42.5 Å². The quantitative estimate of drug-likeness (QED) is 0.728. The summed E-state index contributed by atoms with van der Waals surface area (Å²) in [5.41, 5.74) is 1.71. The number of phenols is 1. The third-order valence-corrected chi connectivity index (χ3v) is 3.40. The number of benzene rings is 2. The molecule has 2 aromatic carbocycles. The molecule has 0 fully saturated rings. The van der Waals surface area contributed by atoms with Gasteiger partial charge in [-0.3, -0.25) is 9.67 Å². The predicted octanol–water partition coefficient (Wildman–Crippen LogP) is 3.31. The summed E-state index contributed by atoms with van der Waals surface area (Å²) in [6.07, 6.45) is 0. The summed E-state index contributed by atoms with van der Waals surface area (Å²) in [6, 6.07) is 14.8. The highest BCUT2D eigenvalue weighted by atomic mass is 32.1. The molecule has 0 saturated carbocycles. The largest absolute Gasteiger partial charge is 0.504 e. The van der Waals surface area contributed by atoms with Crippen LogP contribution in [0.15, 0.2) is 48.5 Å². The second-order valence-corrected chi connectivity index (χ2v) is 4.80. The van der Waals surface area contributed by atoms with Gasteiger partial charge in [0, 0.05) is 11.3 Å². The molecule has 1 aromatic heterocycles. The van der Waals surface area contributed by atoms with Gasteiger partial charge >= 0.3 is 0 Å². The van der Waals surface area contributed by atoms with Gasteiger partial charge in [0.1, 0.15) is 0 Å². The van der Waals surface area contributed by atoms with Crippen LogP contribution in [-0.2, 0) is 0 Å². The molecule has 0 saturated heterocycles. The van der Waals surface area contributed by atoms with Gasteiger partial charge in [-0.25, -0.2) is 0 Å². The van der Waals surface area contributed by atoms with E-state index in [2.05, 4.69) is 10.2 Å². The van der Waals surface area contributed by atoms with E-state index in [9.17, 15) is 5.11 Å². The fourth-order valence-corrected chi connectivity index (χ4v) is 2.36. The Morgan fingerprint density at radius 3 is 2.67 bits per heavy atom. The number of aromatic hydroxyl groups is 1. The minimum Gasteiger partial charge on any atom is -0.504 e. The molecule has 1 heterocycles. The van der Waals surface area contributed by atoms with Gasteiger partial charge in [-0.1, -0.05) is 18.2 Å². The van der Waals surface area contributed by atoms with Gasteiger partial charge in [0.25, 0.3) is 0 Å². The molecule has 0 atom stereocenters. The average Bonchev–Trinajstić information content (AvgIpc) is 2.90. The van der Waals surface area contributed by atoms with Crippen LogP contribution in [0.1, 0.15) is 0 Å². The first-order valence-electron chi connectivity index (χ1n) is 6.31. The Bertz CT molecular complexity index is 824. The Hall–Kier alpha value is -2.60. The topological polar surface area (TPSA) is 63.1 Å². The minimum atomic E-state index is 0.0849. The molecule has 0 bridgehead atoms. The zero-order chi connectivity index (χ0) is 14.8. The van der Waals surface area contributed by atoms with Crippen LogP contribution in [0.3, 0.4) is 0 Å². The van der Waals surface area contributed by atoms with Crippen molar-refractivity contribution in [2.75, 3.05) is 7.11 Å². The van der Waals surface area contributed by atoms with E-state index in [4.69, 9.17) is 17.0 Å². The van der Waals surface area contributed by atoms with Crippen LogP contribution in [0.4, 0.5) is 0 Å². The first kappa shape index (κ1) is 13.4. The highest BCUT2D eigenvalue weighted by Crippen LogP contribution is 2.31. The molecule has 0 spiro atoms. The molecule has 3 aromatic rings. The Morgan fingerprint density at radius 2 is 1.95 bits per heavy atom. The molecule has 106 valence electrons. The second-order valence-electron chi connectivity index (χ2n) is 4.41. The third-order valence-electron chi connectivity index (χ3n) is 3.12. The van der Waals surface area contributed by atoms with Crippen molar-refractivity contribution >= 4 is 12.2 Å². The number of aromatic amines is 1. The number of para-hydroxylation sites is 1. The van der Waals surface area contributed by atoms with Crippen molar-refractivity contribution in [3.05, 3.63) is 53.3 Å². The number of nitrogens with one attached hydrogen (secondary N) is 1. The van der Waals surface area contributed by atoms with Gasteiger partial charge < -0.3 is 9.84 Å². The highest BCUT2D eigenvalue weighted by molar-refractivity contribution is 7.71. The van der Waals surface area contributed by atoms with Crippen molar-refractivity contribution in [1.82, 2.24) is 14.8 Å². The SMILES string of the molecule is COc1cc(-c2n[nH]c(=S)n2-c2ccccc2)ccc1O. The van der Waals surface area contributed by atoms with E-state index >= 15 is 0 Å². The number of rotatable bonds is 3. The monoisotopic (exact) mass is 299 g/mol. The number of H-pyrrole nitrogens is 1. The van der Waals surface area contributed by atoms with Crippen molar-refractivity contribution in [2.24, 2.45) is 0 Å². The maximum atomic E-state index is 9.69. The zero-order valence-electron chi connectivity index (χ0n) is 11.3. The standard InChI is InChI=1S/C15H13N3O2S/c1-20-13-9-10(7-8-12(13)19)14-16-17-15(21)18(14)11-5-3-2-4-6-11/h2-9,19H,1H3,(H,17,21). The van der Waals surface area contributed by atoms with Crippen molar-refractivity contribution in [2.45, 2.75) is 0 Å². The minimum absolute atomic E-state index is 0.0849. The fourth-order valence-electron chi connectivity index (χ4n) is 2.12. The van der Waals surface area contributed by atoms with E-state index in [1.54, 1.807) is 18.2 Å². The average molecular weight is 299 g/mol. The van der Waals surface area contributed by atoms with Gasteiger partial charge in [-0.15, -0.1) is 0 Å². The summed E-state index contributed by atoms with van der Waals surface area (Å²) >= 11 is 5.31. The van der Waals surface area contributed by atoms with Crippen LogP contribution < -0.4 is 4.74 Å². The molecule has 0 aliphatic rings. The van der Waals surface area contributed by atoms with Gasteiger partial charge in [0.15, 0.2) is 22.1 Å². The number of ether oxygens (including phenoxy) is 1. The summed E-state index contributed by atoms with van der Waals surface area (Å²) in [4.78, 5) is 0. The van der Waals surface area contributed by atoms with Crippen LogP contribution in [0.2, 0.25) is 0 Å². The molecule has 0 amide bonds. The number of aromatic nitrogens is 3. The van der Waals surface area contributed by atoms with Gasteiger partial charge in [0.2, 0.25) is 0 Å². The molecule has 2 N–H and O–H groups in total. The van der Waals surface area contributed by atoms with Crippen LogP contribution >= 0.6 is 12.2 Å². The summed E-state index contributed by atoms with van der Waals surface area (Å²) < 4.78 is 7.47. The van der Waals surface area contributed by atoms with E-state index in [1.165, 1.54) is 7.11 Å². The molecular weight excluding hydrogens is 286 g/mol. The Kier molecular flexibility index (Phi) is 3.45. The van der Waals surface area contributed by atoms with Crippen LogP contribution in [0, 0.1) is 4.77 Å². The number of methoxy groups -OCH3 is 1. The molecule has 0 unspecified atom stereocenters. The van der Waals surface area contributed by atoms with Crippen molar-refractivity contribution in [1.29, 1.82) is 0 Å². The van der Waals surface area contributed by atoms with E-state index in [1.807, 2.05) is 34.9 Å². The van der Waals surface area contributed by atoms with Crippen molar-refractivity contribution < 1.29 is 9.84 Å². The summed E-state index contributed by atoms with van der Waals surface area (Å²) in [5, 5.41) is 16.8. The second kappa shape index (κ2) is 5.41. The predicted molar refractivity (Wildman–Crippen MR) is 82.4 cm³/mol. The van der Waals surface area contributed by atoms with Gasteiger partial charge in [-0.2, -0.15) is 5.10 Å². The van der Waals surface area contributed by atoms with Crippen molar-refractivity contribution in [3.8, 4) is 28.6 Å². The third kappa shape index (κ3) is 2.41. The van der Waals surface area contributed by atoms with E-state index in [0.29, 0.717) is 16.3 Å². The smallest absolute Gasteiger partial charge is 0.200 e. The van der Waals surface area contributed by atoms with E-state index in [-0.39, 0.29) is 5.75 Å². The first-order chi connectivity index (χ1) is 10.2. The van der Waals surface area contributed by atoms with Crippen molar-refractivity contribution in [3.63, 3.8) is 0 Å². The van der Waals surface area contributed by atoms with Crippen LogP contribution in [0.25, 0.3) is 17.1 Å².